The fourth-order valence-electron chi connectivity index (χ4n) is 4.82. The van der Waals surface area contributed by atoms with Gasteiger partial charge in [0.2, 0.25) is 0 Å². The molecule has 2 aromatic rings. The van der Waals surface area contributed by atoms with Gasteiger partial charge in [-0.3, -0.25) is 0 Å². The van der Waals surface area contributed by atoms with Gasteiger partial charge in [-0.05, 0) is 78.5 Å². The Kier molecular flexibility index (Phi) is 12.0. The van der Waals surface area contributed by atoms with Crippen molar-refractivity contribution in [2.45, 2.75) is 105 Å². The normalized spacial score (nSPS) is 14.1. The van der Waals surface area contributed by atoms with Crippen molar-refractivity contribution in [3.63, 3.8) is 0 Å². The number of rotatable bonds is 13. The lowest BCUT2D eigenvalue weighted by atomic mass is 9.70. The highest BCUT2D eigenvalue weighted by atomic mass is 32.3. The van der Waals surface area contributed by atoms with Gasteiger partial charge in [0, 0.05) is 10.2 Å². The summed E-state index contributed by atoms with van der Waals surface area (Å²) in [6.07, 6.45) is 6.44. The van der Waals surface area contributed by atoms with Crippen molar-refractivity contribution in [3.05, 3.63) is 64.2 Å². The van der Waals surface area contributed by atoms with Gasteiger partial charge in [-0.1, -0.05) is 85.7 Å². The average molecular weight is 589 g/mol. The number of esters is 1. The Hall–Kier alpha value is -2.02. The van der Waals surface area contributed by atoms with E-state index in [9.17, 15) is 4.79 Å². The van der Waals surface area contributed by atoms with Gasteiger partial charge in [0.1, 0.15) is 25.1 Å². The predicted octanol–water partition coefficient (Wildman–Crippen LogP) is 8.69. The Morgan fingerprint density at radius 3 is 1.90 bits per heavy atom. The summed E-state index contributed by atoms with van der Waals surface area (Å²) in [6, 6.07) is 13.3. The van der Waals surface area contributed by atoms with E-state index < -0.39 is 10.3 Å². The van der Waals surface area contributed by atoms with Crippen molar-refractivity contribution in [3.8, 4) is 5.75 Å². The van der Waals surface area contributed by atoms with Crippen LogP contribution in [-0.2, 0) is 30.5 Å². The number of carbonyl (C=O) groups excluding carboxylic acids is 1. The van der Waals surface area contributed by atoms with Crippen molar-refractivity contribution in [1.82, 2.24) is 0 Å². The van der Waals surface area contributed by atoms with Gasteiger partial charge in [0.25, 0.3) is 0 Å². The third-order valence-corrected chi connectivity index (χ3v) is 12.4. The lowest BCUT2D eigenvalue weighted by molar-refractivity contribution is -0.146. The maximum Gasteiger partial charge on any atom is 0.331 e. The molecular weight excluding hydrogens is 532 g/mol. The van der Waals surface area contributed by atoms with E-state index in [1.807, 2.05) is 0 Å². The number of carbonyl (C=O) groups is 1. The summed E-state index contributed by atoms with van der Waals surface area (Å²) in [6.45, 7) is 23.1. The minimum absolute atomic E-state index is 0.0192. The van der Waals surface area contributed by atoms with E-state index in [4.69, 9.17) is 13.7 Å². The van der Waals surface area contributed by atoms with Crippen LogP contribution in [0.4, 0.5) is 0 Å². The molecule has 0 aromatic heterocycles. The minimum atomic E-state index is -1.28. The SMILES string of the molecule is CCC(CC)(c1ccc(COCC(=O)OC)c(C)c1)c1ccc(OCC(OS(C)(C)C(C)(C)C)C(C)(C)C)c(C)c1. The molecule has 0 N–H and O–H groups in total. The molecule has 41 heavy (non-hydrogen) atoms. The Balaban J connectivity index is 2.30. The van der Waals surface area contributed by atoms with Gasteiger partial charge >= 0.3 is 5.97 Å². The molecule has 6 heteroatoms. The number of benzene rings is 2. The molecule has 0 spiro atoms. The fourth-order valence-corrected chi connectivity index (χ4v) is 6.04. The molecule has 0 fully saturated rings. The first-order valence-corrected chi connectivity index (χ1v) is 17.2. The van der Waals surface area contributed by atoms with Crippen molar-refractivity contribution in [1.29, 1.82) is 0 Å². The summed E-state index contributed by atoms with van der Waals surface area (Å²) in [5.41, 5.74) is 5.79. The van der Waals surface area contributed by atoms with Crippen molar-refractivity contribution in [2.75, 3.05) is 32.8 Å². The molecule has 0 aliphatic rings. The first-order valence-electron chi connectivity index (χ1n) is 14.8. The predicted molar refractivity (Wildman–Crippen MR) is 174 cm³/mol. The molecule has 2 aromatic carbocycles. The van der Waals surface area contributed by atoms with E-state index >= 15 is 0 Å². The van der Waals surface area contributed by atoms with E-state index in [0.29, 0.717) is 13.2 Å². The van der Waals surface area contributed by atoms with Crippen LogP contribution < -0.4 is 4.74 Å². The molecule has 0 bridgehead atoms. The van der Waals surface area contributed by atoms with Gasteiger partial charge in [-0.2, -0.15) is 0 Å². The number of aryl methyl sites for hydroxylation is 2. The molecule has 5 nitrogen and oxygen atoms in total. The summed E-state index contributed by atoms with van der Waals surface area (Å²) >= 11 is 0. The molecule has 0 amide bonds. The molecule has 0 heterocycles. The largest absolute Gasteiger partial charge is 0.491 e. The van der Waals surface area contributed by atoms with Crippen LogP contribution in [-0.4, -0.2) is 49.7 Å². The highest BCUT2D eigenvalue weighted by Crippen LogP contribution is 2.56. The van der Waals surface area contributed by atoms with Crippen molar-refractivity contribution < 1.29 is 23.2 Å². The van der Waals surface area contributed by atoms with Crippen LogP contribution in [0.25, 0.3) is 0 Å². The second-order valence-electron chi connectivity index (χ2n) is 13.6. The van der Waals surface area contributed by atoms with Crippen molar-refractivity contribution in [2.24, 2.45) is 5.41 Å². The van der Waals surface area contributed by atoms with Crippen LogP contribution in [0.5, 0.6) is 5.75 Å². The smallest absolute Gasteiger partial charge is 0.331 e. The molecule has 1 atom stereocenters. The third-order valence-electron chi connectivity index (χ3n) is 8.72. The quantitative estimate of drug-likeness (QED) is 0.219. The molecule has 0 radical (unpaired) electrons. The first-order chi connectivity index (χ1) is 18.9. The van der Waals surface area contributed by atoms with Crippen LogP contribution in [0.15, 0.2) is 36.4 Å². The summed E-state index contributed by atoms with van der Waals surface area (Å²) in [7, 11) is 0.0852. The Morgan fingerprint density at radius 1 is 0.878 bits per heavy atom. The van der Waals surface area contributed by atoms with Gasteiger partial charge in [-0.25, -0.2) is 4.79 Å². The van der Waals surface area contributed by atoms with Crippen LogP contribution in [0.3, 0.4) is 0 Å². The van der Waals surface area contributed by atoms with Crippen LogP contribution in [0, 0.1) is 19.3 Å². The molecule has 232 valence electrons. The summed E-state index contributed by atoms with van der Waals surface area (Å²) in [5, 5.41) is 0. The fraction of sp³-hybridized carbons (Fsp3) is 0.629. The monoisotopic (exact) mass is 588 g/mol. The standard InChI is InChI=1S/C35H56O5S/c1-14-35(15-2,28-17-16-27(25(3)20-28)22-38-24-32(36)37-11)29-18-19-30(26(4)21-29)39-23-31(33(5,6)7)40-41(12,13)34(8,9)10/h16-21,31H,14-15,22-24H2,1-13H3. The molecule has 0 saturated carbocycles. The second kappa shape index (κ2) is 14.0. The Morgan fingerprint density at radius 2 is 1.44 bits per heavy atom. The average Bonchev–Trinajstić information content (AvgIpc) is 2.88. The number of methoxy groups -OCH3 is 1. The van der Waals surface area contributed by atoms with E-state index in [1.165, 1.54) is 18.2 Å². The van der Waals surface area contributed by atoms with Gasteiger partial charge in [0.15, 0.2) is 0 Å². The van der Waals surface area contributed by atoms with E-state index in [-0.39, 0.29) is 34.3 Å². The van der Waals surface area contributed by atoms with E-state index in [0.717, 1.165) is 35.3 Å². The zero-order chi connectivity index (χ0) is 31.2. The highest BCUT2D eigenvalue weighted by Gasteiger charge is 2.37. The molecule has 1 unspecified atom stereocenters. The lowest BCUT2D eigenvalue weighted by Gasteiger charge is -2.48. The first kappa shape index (κ1) is 35.2. The van der Waals surface area contributed by atoms with Crippen LogP contribution in [0.1, 0.15) is 96.0 Å². The topological polar surface area (TPSA) is 54.0 Å². The zero-order valence-electron chi connectivity index (χ0n) is 28.0. The Bertz CT molecular complexity index is 1150. The Labute approximate surface area is 252 Å². The lowest BCUT2D eigenvalue weighted by Crippen LogP contribution is -2.39. The van der Waals surface area contributed by atoms with E-state index in [2.05, 4.69) is 123 Å². The minimum Gasteiger partial charge on any atom is -0.491 e. The molecular formula is C35H56O5S. The highest BCUT2D eigenvalue weighted by molar-refractivity contribution is 8.29. The maximum absolute atomic E-state index is 11.4. The summed E-state index contributed by atoms with van der Waals surface area (Å²) in [5.74, 6) is 0.542. The van der Waals surface area contributed by atoms with Crippen molar-refractivity contribution >= 4 is 16.3 Å². The molecule has 2 rings (SSSR count). The van der Waals surface area contributed by atoms with Crippen LogP contribution in [0.2, 0.25) is 0 Å². The van der Waals surface area contributed by atoms with Gasteiger partial charge in [0.05, 0.1) is 13.7 Å². The molecule has 0 aliphatic heterocycles. The van der Waals surface area contributed by atoms with Gasteiger partial charge < -0.3 is 18.4 Å². The van der Waals surface area contributed by atoms with E-state index in [1.54, 1.807) is 0 Å². The summed E-state index contributed by atoms with van der Waals surface area (Å²) in [4.78, 5) is 11.4. The number of hydrogen-bond acceptors (Lipinski definition) is 5. The van der Waals surface area contributed by atoms with Crippen LogP contribution >= 0.6 is 10.3 Å². The second-order valence-corrected chi connectivity index (χ2v) is 17.5. The number of hydrogen-bond donors (Lipinski definition) is 0. The maximum atomic E-state index is 11.4. The summed E-state index contributed by atoms with van der Waals surface area (Å²) < 4.78 is 23.6. The zero-order valence-corrected chi connectivity index (χ0v) is 28.8. The number of ether oxygens (including phenoxy) is 3. The third kappa shape index (κ3) is 8.75. The molecule has 0 aliphatic carbocycles. The molecule has 0 saturated heterocycles. The van der Waals surface area contributed by atoms with Gasteiger partial charge in [-0.15, -0.1) is 10.3 Å².